The van der Waals surface area contributed by atoms with Crippen LogP contribution >= 0.6 is 0 Å². The van der Waals surface area contributed by atoms with E-state index in [1.165, 1.54) is 11.8 Å². The molecule has 4 aromatic rings. The van der Waals surface area contributed by atoms with Gasteiger partial charge in [-0.1, -0.05) is 60.7 Å². The van der Waals surface area contributed by atoms with Crippen LogP contribution in [-0.4, -0.2) is 38.9 Å². The molecule has 0 saturated carbocycles. The van der Waals surface area contributed by atoms with Crippen molar-refractivity contribution in [2.45, 2.75) is 62.8 Å². The molecule has 3 atom stereocenters. The summed E-state index contributed by atoms with van der Waals surface area (Å²) in [6.07, 6.45) is -7.95. The number of nitrogens with zero attached hydrogens (tertiary/aromatic N) is 4. The summed E-state index contributed by atoms with van der Waals surface area (Å²) in [6, 6.07) is 19.4. The molecule has 46 heavy (non-hydrogen) atoms. The first-order valence-electron chi connectivity index (χ1n) is 14.5. The maximum absolute atomic E-state index is 14.0. The summed E-state index contributed by atoms with van der Waals surface area (Å²) in [5.74, 6) is 0. The van der Waals surface area contributed by atoms with Crippen LogP contribution < -0.4 is 0 Å². The van der Waals surface area contributed by atoms with Gasteiger partial charge in [-0.05, 0) is 61.6 Å². The van der Waals surface area contributed by atoms with Crippen LogP contribution in [0.2, 0.25) is 0 Å². The lowest BCUT2D eigenvalue weighted by Crippen LogP contribution is -2.61. The van der Waals surface area contributed by atoms with Crippen molar-refractivity contribution < 1.29 is 40.6 Å². The van der Waals surface area contributed by atoms with E-state index in [1.54, 1.807) is 47.6 Å². The molecule has 5 rings (SSSR count). The number of ether oxygens (including phenoxy) is 2. The molecule has 244 valence electrons. The summed E-state index contributed by atoms with van der Waals surface area (Å²) in [4.78, 5) is 15.5. The minimum atomic E-state index is -5.00. The molecule has 1 aliphatic rings. The predicted octanol–water partition coefficient (Wildman–Crippen LogP) is 8.14. The highest BCUT2D eigenvalue weighted by molar-refractivity contribution is 5.70. The Morgan fingerprint density at radius 1 is 0.870 bits per heavy atom. The van der Waals surface area contributed by atoms with E-state index in [2.05, 4.69) is 10.2 Å². The third-order valence-corrected chi connectivity index (χ3v) is 8.52. The number of benzene rings is 3. The van der Waals surface area contributed by atoms with E-state index in [4.69, 9.17) is 9.47 Å². The Hall–Kier alpha value is -4.39. The molecule has 13 heteroatoms. The number of amides is 1. The number of carbonyl (C=O) groups is 1. The first-order chi connectivity index (χ1) is 21.7. The maximum Gasteiger partial charge on any atom is 0.416 e. The lowest BCUT2D eigenvalue weighted by molar-refractivity contribution is -0.143. The van der Waals surface area contributed by atoms with E-state index >= 15 is 0 Å². The van der Waals surface area contributed by atoms with Gasteiger partial charge in [0, 0.05) is 6.54 Å². The Bertz CT molecular complexity index is 1580. The van der Waals surface area contributed by atoms with Gasteiger partial charge in [-0.3, -0.25) is 4.90 Å². The van der Waals surface area contributed by atoms with Gasteiger partial charge in [-0.2, -0.15) is 26.3 Å². The molecule has 0 radical (unpaired) electrons. The lowest BCUT2D eigenvalue weighted by Gasteiger charge is -2.52. The Labute approximate surface area is 261 Å². The van der Waals surface area contributed by atoms with Gasteiger partial charge >= 0.3 is 18.4 Å². The monoisotopic (exact) mass is 646 g/mol. The average Bonchev–Trinajstić information content (AvgIpc) is 3.59. The predicted molar refractivity (Wildman–Crippen MR) is 155 cm³/mol. The van der Waals surface area contributed by atoms with E-state index < -0.39 is 46.8 Å². The normalized spacial score (nSPS) is 21.2. The maximum atomic E-state index is 14.0. The van der Waals surface area contributed by atoms with Crippen LogP contribution in [0.4, 0.5) is 31.1 Å². The molecule has 2 heterocycles. The second kappa shape index (κ2) is 12.8. The number of aromatic nitrogens is 3. The number of alkyl halides is 6. The third-order valence-electron chi connectivity index (χ3n) is 8.52. The minimum Gasteiger partial charge on any atom is -0.445 e. The molecule has 1 fully saturated rings. The molecule has 0 aliphatic carbocycles. The molecule has 1 aromatic heterocycles. The average molecular weight is 647 g/mol. The van der Waals surface area contributed by atoms with Crippen LogP contribution in [0.3, 0.4) is 0 Å². The van der Waals surface area contributed by atoms with Gasteiger partial charge in [0.2, 0.25) is 0 Å². The van der Waals surface area contributed by atoms with Gasteiger partial charge in [0.15, 0.2) is 0 Å². The fraction of sp³-hybridized carbons (Fsp3) is 0.364. The van der Waals surface area contributed by atoms with Crippen LogP contribution in [-0.2, 0) is 39.5 Å². The van der Waals surface area contributed by atoms with E-state index in [-0.39, 0.29) is 31.4 Å². The topological polar surface area (TPSA) is 69.5 Å². The van der Waals surface area contributed by atoms with Crippen LogP contribution in [0.15, 0.2) is 91.5 Å². The molecule has 3 aromatic carbocycles. The lowest BCUT2D eigenvalue weighted by atomic mass is 9.75. The Balaban J connectivity index is 1.52. The highest BCUT2D eigenvalue weighted by Crippen LogP contribution is 2.45. The first kappa shape index (κ1) is 33.0. The van der Waals surface area contributed by atoms with Crippen molar-refractivity contribution in [3.05, 3.63) is 119 Å². The van der Waals surface area contributed by atoms with E-state index in [9.17, 15) is 31.1 Å². The van der Waals surface area contributed by atoms with Gasteiger partial charge in [0.05, 0.1) is 34.9 Å². The number of hydrogen-bond acceptors (Lipinski definition) is 5. The van der Waals surface area contributed by atoms with Crippen molar-refractivity contribution in [3.63, 3.8) is 0 Å². The van der Waals surface area contributed by atoms with Crippen molar-refractivity contribution in [1.82, 2.24) is 19.7 Å². The highest BCUT2D eigenvalue weighted by Gasteiger charge is 2.51. The molecule has 0 bridgehead atoms. The zero-order valence-electron chi connectivity index (χ0n) is 25.1. The standard InChI is InChI=1S/C33H32F6N4O3/c1-23(25-15-27(32(34,35)36)17-28(16-25)33(37,38)39)46-20-31(26-11-7-4-8-12-26)14-13-30(2,42-21-40-41-22-42)19-43(31)29(44)45-18-24-9-5-3-6-10-24/h3-12,15-17,21-23H,13-14,18-20H2,1-2H3/t23-,30-,31-/m1/s1. The van der Waals surface area contributed by atoms with E-state index in [0.29, 0.717) is 30.5 Å². The van der Waals surface area contributed by atoms with Crippen LogP contribution in [0, 0.1) is 0 Å². The molecule has 0 unspecified atom stereocenters. The number of likely N-dealkylation sites (tertiary alicyclic amines) is 1. The second-order valence-electron chi connectivity index (χ2n) is 11.7. The fourth-order valence-corrected chi connectivity index (χ4v) is 5.76. The van der Waals surface area contributed by atoms with E-state index in [0.717, 1.165) is 5.56 Å². The SMILES string of the molecule is C[C@@H](OC[C@@]1(c2ccccc2)CC[C@@](C)(n2cnnc2)CN1C(=O)OCc1ccccc1)c1cc(C(F)(F)F)cc(C(F)(F)F)c1. The molecule has 1 saturated heterocycles. The molecule has 1 amide bonds. The molecule has 7 nitrogen and oxygen atoms in total. The van der Waals surface area contributed by atoms with Crippen LogP contribution in [0.1, 0.15) is 60.6 Å². The Kier molecular flexibility index (Phi) is 9.16. The summed E-state index contributed by atoms with van der Waals surface area (Å²) >= 11 is 0. The third kappa shape index (κ3) is 7.04. The number of rotatable bonds is 8. The van der Waals surface area contributed by atoms with Crippen molar-refractivity contribution in [1.29, 1.82) is 0 Å². The summed E-state index contributed by atoms with van der Waals surface area (Å²) in [5, 5.41) is 7.84. The quantitative estimate of drug-likeness (QED) is 0.181. The van der Waals surface area contributed by atoms with Crippen molar-refractivity contribution in [2.75, 3.05) is 13.2 Å². The van der Waals surface area contributed by atoms with Crippen LogP contribution in [0.5, 0.6) is 0 Å². The van der Waals surface area contributed by atoms with Crippen molar-refractivity contribution in [2.24, 2.45) is 0 Å². The fourth-order valence-electron chi connectivity index (χ4n) is 5.76. The zero-order chi connectivity index (χ0) is 33.2. The van der Waals surface area contributed by atoms with Gasteiger partial charge in [-0.15, -0.1) is 10.2 Å². The largest absolute Gasteiger partial charge is 0.445 e. The molecule has 0 N–H and O–H groups in total. The summed E-state index contributed by atoms with van der Waals surface area (Å²) < 4.78 is 95.4. The number of carbonyl (C=O) groups excluding carboxylic acids is 1. The number of hydrogen-bond donors (Lipinski definition) is 0. The summed E-state index contributed by atoms with van der Waals surface area (Å²) in [5.41, 5.74) is -3.58. The Morgan fingerprint density at radius 3 is 2.00 bits per heavy atom. The summed E-state index contributed by atoms with van der Waals surface area (Å²) in [6.45, 7) is 3.18. The Morgan fingerprint density at radius 2 is 1.43 bits per heavy atom. The zero-order valence-corrected chi connectivity index (χ0v) is 25.1. The number of halogens is 6. The molecular weight excluding hydrogens is 614 g/mol. The molecule has 0 spiro atoms. The van der Waals surface area contributed by atoms with E-state index in [1.807, 2.05) is 37.3 Å². The number of piperidine rings is 1. The molecular formula is C33H32F6N4O3. The van der Waals surface area contributed by atoms with Crippen molar-refractivity contribution in [3.8, 4) is 0 Å². The van der Waals surface area contributed by atoms with Gasteiger partial charge in [0.1, 0.15) is 19.3 Å². The first-order valence-corrected chi connectivity index (χ1v) is 14.5. The molecule has 1 aliphatic heterocycles. The highest BCUT2D eigenvalue weighted by atomic mass is 19.4. The second-order valence-corrected chi connectivity index (χ2v) is 11.7. The van der Waals surface area contributed by atoms with Gasteiger partial charge < -0.3 is 14.0 Å². The van der Waals surface area contributed by atoms with Gasteiger partial charge in [0.25, 0.3) is 0 Å². The van der Waals surface area contributed by atoms with Crippen LogP contribution in [0.25, 0.3) is 0 Å². The summed E-state index contributed by atoms with van der Waals surface area (Å²) in [7, 11) is 0. The van der Waals surface area contributed by atoms with Crippen molar-refractivity contribution >= 4 is 6.09 Å². The van der Waals surface area contributed by atoms with Gasteiger partial charge in [-0.25, -0.2) is 4.79 Å². The smallest absolute Gasteiger partial charge is 0.416 e. The minimum absolute atomic E-state index is 0.0217.